The molecule has 1 aliphatic heterocycles. The number of hydrogen-bond acceptors (Lipinski definition) is 4. The number of nitrogens with one attached hydrogen (secondary N) is 1. The predicted octanol–water partition coefficient (Wildman–Crippen LogP) is 2.64. The third-order valence-electron chi connectivity index (χ3n) is 3.95. The second-order valence-electron chi connectivity index (χ2n) is 5.19. The van der Waals surface area contributed by atoms with Crippen molar-refractivity contribution in [3.8, 4) is 5.75 Å². The highest BCUT2D eigenvalue weighted by molar-refractivity contribution is 9.10. The summed E-state index contributed by atoms with van der Waals surface area (Å²) < 4.78 is 6.32. The molecular formula is C15H23BrN2OS. The van der Waals surface area contributed by atoms with Crippen molar-refractivity contribution in [3.05, 3.63) is 28.2 Å². The first-order chi connectivity index (χ1) is 9.65. The van der Waals surface area contributed by atoms with Crippen LogP contribution in [-0.4, -0.2) is 56.2 Å². The summed E-state index contributed by atoms with van der Waals surface area (Å²) in [6.45, 7) is 1.18. The number of hydrogen-bond donors (Lipinski definition) is 1. The van der Waals surface area contributed by atoms with Crippen LogP contribution in [0.5, 0.6) is 5.75 Å². The average molecular weight is 359 g/mol. The van der Waals surface area contributed by atoms with Crippen LogP contribution in [0.1, 0.15) is 5.56 Å². The van der Waals surface area contributed by atoms with Crippen molar-refractivity contribution in [1.82, 2.24) is 10.2 Å². The molecule has 0 aliphatic carbocycles. The zero-order valence-corrected chi connectivity index (χ0v) is 14.8. The summed E-state index contributed by atoms with van der Waals surface area (Å²) in [4.78, 5) is 2.48. The van der Waals surface area contributed by atoms with E-state index in [9.17, 15) is 0 Å². The average Bonchev–Trinajstić information content (AvgIpc) is 2.46. The van der Waals surface area contributed by atoms with E-state index in [1.54, 1.807) is 7.11 Å². The molecule has 1 N–H and O–H groups in total. The van der Waals surface area contributed by atoms with Crippen molar-refractivity contribution < 1.29 is 4.74 Å². The Morgan fingerprint density at radius 3 is 2.95 bits per heavy atom. The molecule has 3 nitrogen and oxygen atoms in total. The molecule has 0 spiro atoms. The lowest BCUT2D eigenvalue weighted by molar-refractivity contribution is 0.219. The molecule has 112 valence electrons. The molecule has 0 radical (unpaired) electrons. The minimum atomic E-state index is 0.480. The summed E-state index contributed by atoms with van der Waals surface area (Å²) in [5, 5.41) is 3.50. The van der Waals surface area contributed by atoms with Crippen LogP contribution in [0, 0.1) is 0 Å². The molecule has 0 bridgehead atoms. The van der Waals surface area contributed by atoms with Gasteiger partial charge in [-0.3, -0.25) is 0 Å². The second-order valence-corrected chi connectivity index (χ2v) is 7.20. The molecule has 1 saturated heterocycles. The van der Waals surface area contributed by atoms with E-state index >= 15 is 0 Å². The Morgan fingerprint density at radius 1 is 1.55 bits per heavy atom. The molecule has 0 aromatic heterocycles. The van der Waals surface area contributed by atoms with E-state index in [1.807, 2.05) is 6.07 Å². The maximum absolute atomic E-state index is 5.29. The maximum atomic E-state index is 5.29. The van der Waals surface area contributed by atoms with Crippen molar-refractivity contribution in [2.45, 2.75) is 18.5 Å². The van der Waals surface area contributed by atoms with Crippen LogP contribution >= 0.6 is 27.7 Å². The summed E-state index contributed by atoms with van der Waals surface area (Å²) in [5.41, 5.74) is 1.33. The third kappa shape index (κ3) is 3.91. The molecule has 0 amide bonds. The first kappa shape index (κ1) is 16.1. The van der Waals surface area contributed by atoms with Gasteiger partial charge in [-0.1, -0.05) is 6.07 Å². The number of benzene rings is 1. The second kappa shape index (κ2) is 7.69. The molecule has 1 heterocycles. The summed E-state index contributed by atoms with van der Waals surface area (Å²) in [5.74, 6) is 3.34. The van der Waals surface area contributed by atoms with Gasteiger partial charge >= 0.3 is 0 Å². The van der Waals surface area contributed by atoms with Gasteiger partial charge in [0.05, 0.1) is 11.6 Å². The molecule has 1 aromatic rings. The van der Waals surface area contributed by atoms with E-state index in [1.165, 1.54) is 23.6 Å². The number of ether oxygens (including phenoxy) is 1. The van der Waals surface area contributed by atoms with E-state index in [0.29, 0.717) is 12.1 Å². The van der Waals surface area contributed by atoms with E-state index in [-0.39, 0.29) is 0 Å². The van der Waals surface area contributed by atoms with Crippen molar-refractivity contribution in [2.75, 3.05) is 39.3 Å². The largest absolute Gasteiger partial charge is 0.496 e. The van der Waals surface area contributed by atoms with Crippen LogP contribution in [0.3, 0.4) is 0 Å². The van der Waals surface area contributed by atoms with Gasteiger partial charge in [0.15, 0.2) is 0 Å². The standard InChI is InChI=1S/C15H23BrN2OS/c1-17-13(14-10-20-7-6-18(14)2)9-11-4-5-15(19-3)12(16)8-11/h4-5,8,13-14,17H,6-7,9-10H2,1-3H3. The molecule has 2 rings (SSSR count). The quantitative estimate of drug-likeness (QED) is 0.874. The molecule has 0 saturated carbocycles. The highest BCUT2D eigenvalue weighted by atomic mass is 79.9. The van der Waals surface area contributed by atoms with Crippen molar-refractivity contribution in [2.24, 2.45) is 0 Å². The van der Waals surface area contributed by atoms with Gasteiger partial charge in [-0.05, 0) is 54.1 Å². The lowest BCUT2D eigenvalue weighted by Crippen LogP contribution is -2.52. The number of likely N-dealkylation sites (N-methyl/N-ethyl adjacent to an activating group) is 2. The Kier molecular flexibility index (Phi) is 6.20. The Bertz CT molecular complexity index is 444. The highest BCUT2D eigenvalue weighted by Gasteiger charge is 2.27. The fraction of sp³-hybridized carbons (Fsp3) is 0.600. The van der Waals surface area contributed by atoms with Crippen LogP contribution in [0.2, 0.25) is 0 Å². The highest BCUT2D eigenvalue weighted by Crippen LogP contribution is 2.27. The third-order valence-corrected chi connectivity index (χ3v) is 5.62. The number of thioether (sulfide) groups is 1. The molecule has 5 heteroatoms. The van der Waals surface area contributed by atoms with E-state index in [4.69, 9.17) is 4.74 Å². The fourth-order valence-corrected chi connectivity index (χ4v) is 4.55. The SMILES string of the molecule is CNC(Cc1ccc(OC)c(Br)c1)C1CSCCN1C. The van der Waals surface area contributed by atoms with Crippen LogP contribution < -0.4 is 10.1 Å². The molecule has 2 atom stereocenters. The van der Waals surface area contributed by atoms with Crippen LogP contribution in [0.15, 0.2) is 22.7 Å². The van der Waals surface area contributed by atoms with Crippen molar-refractivity contribution in [3.63, 3.8) is 0 Å². The van der Waals surface area contributed by atoms with Crippen LogP contribution in [-0.2, 0) is 6.42 Å². The summed E-state index contributed by atoms with van der Waals surface area (Å²) >= 11 is 5.63. The van der Waals surface area contributed by atoms with E-state index in [0.717, 1.165) is 16.6 Å². The van der Waals surface area contributed by atoms with Gasteiger partial charge < -0.3 is 15.0 Å². The smallest absolute Gasteiger partial charge is 0.133 e. The molecular weight excluding hydrogens is 336 g/mol. The monoisotopic (exact) mass is 358 g/mol. The number of nitrogens with zero attached hydrogens (tertiary/aromatic N) is 1. The molecule has 20 heavy (non-hydrogen) atoms. The number of rotatable bonds is 5. The zero-order valence-electron chi connectivity index (χ0n) is 12.4. The van der Waals surface area contributed by atoms with Crippen LogP contribution in [0.4, 0.5) is 0 Å². The topological polar surface area (TPSA) is 24.5 Å². The van der Waals surface area contributed by atoms with Gasteiger partial charge in [-0.25, -0.2) is 0 Å². The van der Waals surface area contributed by atoms with Crippen LogP contribution in [0.25, 0.3) is 0 Å². The molecule has 2 unspecified atom stereocenters. The van der Waals surface area contributed by atoms with Gasteiger partial charge in [-0.2, -0.15) is 11.8 Å². The molecule has 1 fully saturated rings. The Labute approximate surface area is 134 Å². The van der Waals surface area contributed by atoms with Gasteiger partial charge in [0.2, 0.25) is 0 Å². The number of methoxy groups -OCH3 is 1. The van der Waals surface area contributed by atoms with Gasteiger partial charge in [0, 0.05) is 30.1 Å². The summed E-state index contributed by atoms with van der Waals surface area (Å²) in [7, 11) is 6.00. The minimum Gasteiger partial charge on any atom is -0.496 e. The summed E-state index contributed by atoms with van der Waals surface area (Å²) in [6.07, 6.45) is 1.04. The lowest BCUT2D eigenvalue weighted by atomic mass is 9.99. The first-order valence-electron chi connectivity index (χ1n) is 6.93. The number of halogens is 1. The Morgan fingerprint density at radius 2 is 2.35 bits per heavy atom. The molecule has 1 aromatic carbocycles. The molecule has 1 aliphatic rings. The minimum absolute atomic E-state index is 0.480. The predicted molar refractivity (Wildman–Crippen MR) is 91.0 cm³/mol. The fourth-order valence-electron chi connectivity index (χ4n) is 2.65. The van der Waals surface area contributed by atoms with Gasteiger partial charge in [0.25, 0.3) is 0 Å². The van der Waals surface area contributed by atoms with E-state index < -0.39 is 0 Å². The lowest BCUT2D eigenvalue weighted by Gasteiger charge is -2.37. The van der Waals surface area contributed by atoms with Gasteiger partial charge in [0.1, 0.15) is 5.75 Å². The van der Waals surface area contributed by atoms with Crippen molar-refractivity contribution >= 4 is 27.7 Å². The van der Waals surface area contributed by atoms with Crippen molar-refractivity contribution in [1.29, 1.82) is 0 Å². The normalized spacial score (nSPS) is 21.7. The van der Waals surface area contributed by atoms with Gasteiger partial charge in [-0.15, -0.1) is 0 Å². The zero-order chi connectivity index (χ0) is 14.5. The Hall–Kier alpha value is -0.230. The maximum Gasteiger partial charge on any atom is 0.133 e. The Balaban J connectivity index is 2.07. The summed E-state index contributed by atoms with van der Waals surface area (Å²) in [6, 6.07) is 7.43. The van der Waals surface area contributed by atoms with E-state index in [2.05, 4.69) is 64.1 Å². The first-order valence-corrected chi connectivity index (χ1v) is 8.88.